The number of anilines is 1. The van der Waals surface area contributed by atoms with Crippen LogP contribution in [0.2, 0.25) is 0 Å². The van der Waals surface area contributed by atoms with Crippen LogP contribution < -0.4 is 10.2 Å². The molecule has 2 aliphatic carbocycles. The van der Waals surface area contributed by atoms with E-state index in [1.165, 1.54) is 6.92 Å². The third-order valence-electron chi connectivity index (χ3n) is 5.57. The molecule has 0 spiro atoms. The smallest absolute Gasteiger partial charge is 0.414 e. The van der Waals surface area contributed by atoms with Crippen molar-refractivity contribution in [3.8, 4) is 0 Å². The van der Waals surface area contributed by atoms with Gasteiger partial charge < -0.3 is 15.2 Å². The van der Waals surface area contributed by atoms with Crippen LogP contribution in [0.4, 0.5) is 19.3 Å². The van der Waals surface area contributed by atoms with E-state index in [1.54, 1.807) is 0 Å². The maximum atomic E-state index is 14.6. The minimum Gasteiger partial charge on any atom is -0.442 e. The summed E-state index contributed by atoms with van der Waals surface area (Å²) in [7, 11) is 0. The van der Waals surface area contributed by atoms with Crippen LogP contribution in [0.15, 0.2) is 18.2 Å². The zero-order valence-electron chi connectivity index (χ0n) is 14.7. The molecule has 1 aromatic carbocycles. The van der Waals surface area contributed by atoms with Crippen LogP contribution in [0, 0.1) is 29.4 Å². The van der Waals surface area contributed by atoms with Crippen molar-refractivity contribution in [1.82, 2.24) is 5.32 Å². The number of amides is 2. The van der Waals surface area contributed by atoms with E-state index in [0.29, 0.717) is 12.0 Å². The van der Waals surface area contributed by atoms with Gasteiger partial charge in [0.25, 0.3) is 0 Å². The number of aliphatic hydroxyl groups is 1. The van der Waals surface area contributed by atoms with Crippen molar-refractivity contribution in [3.05, 3.63) is 35.4 Å². The molecule has 2 N–H and O–H groups in total. The van der Waals surface area contributed by atoms with Crippen molar-refractivity contribution >= 4 is 23.3 Å². The summed E-state index contributed by atoms with van der Waals surface area (Å²) in [6.07, 6.45) is 1.12. The fourth-order valence-corrected chi connectivity index (χ4v) is 4.12. The average Bonchev–Trinajstić information content (AvgIpc) is 2.92. The number of nitrogens with one attached hydrogen (secondary N) is 1. The number of hydrogen-bond acceptors (Lipinski definition) is 4. The van der Waals surface area contributed by atoms with Crippen molar-refractivity contribution < 1.29 is 28.2 Å². The molecule has 1 saturated carbocycles. The molecule has 1 aromatic rings. The zero-order valence-corrected chi connectivity index (χ0v) is 14.7. The lowest BCUT2D eigenvalue weighted by Crippen LogP contribution is -2.33. The van der Waals surface area contributed by atoms with Crippen LogP contribution >= 0.6 is 0 Å². The van der Waals surface area contributed by atoms with E-state index in [0.717, 1.165) is 17.0 Å². The van der Waals surface area contributed by atoms with Crippen molar-refractivity contribution in [1.29, 1.82) is 0 Å². The van der Waals surface area contributed by atoms with E-state index in [1.807, 2.05) is 6.08 Å². The number of allylic oxidation sites excluding steroid dienone is 2. The number of aliphatic hydroxyl groups excluding tert-OH is 1. The minimum absolute atomic E-state index is 0.0648. The van der Waals surface area contributed by atoms with Gasteiger partial charge >= 0.3 is 6.09 Å². The summed E-state index contributed by atoms with van der Waals surface area (Å²) in [5.41, 5.74) is 0.634. The van der Waals surface area contributed by atoms with Crippen LogP contribution in [-0.2, 0) is 9.53 Å². The first kappa shape index (κ1) is 17.9. The van der Waals surface area contributed by atoms with Gasteiger partial charge in [0.15, 0.2) is 0 Å². The number of ether oxygens (including phenoxy) is 1. The van der Waals surface area contributed by atoms with Gasteiger partial charge in [0.05, 0.1) is 18.8 Å². The number of cyclic esters (lactones) is 1. The molecule has 0 unspecified atom stereocenters. The molecule has 2 fully saturated rings. The van der Waals surface area contributed by atoms with Crippen molar-refractivity contribution in [3.63, 3.8) is 0 Å². The van der Waals surface area contributed by atoms with Gasteiger partial charge in [-0.25, -0.2) is 13.6 Å². The Balaban J connectivity index is 1.52. The largest absolute Gasteiger partial charge is 0.442 e. The summed E-state index contributed by atoms with van der Waals surface area (Å²) in [4.78, 5) is 24.1. The molecular formula is C19H20F2N2O4. The van der Waals surface area contributed by atoms with E-state index < -0.39 is 23.8 Å². The summed E-state index contributed by atoms with van der Waals surface area (Å²) in [5.74, 6) is -1.03. The van der Waals surface area contributed by atoms with E-state index in [4.69, 9.17) is 4.74 Å². The highest BCUT2D eigenvalue weighted by molar-refractivity contribution is 5.90. The molecule has 0 bridgehead atoms. The molecule has 8 heteroatoms. The average molecular weight is 378 g/mol. The minimum atomic E-state index is -0.726. The molecule has 144 valence electrons. The lowest BCUT2D eigenvalue weighted by atomic mass is 9.99. The van der Waals surface area contributed by atoms with Gasteiger partial charge in [-0.15, -0.1) is 0 Å². The van der Waals surface area contributed by atoms with Crippen LogP contribution in [0.1, 0.15) is 18.9 Å². The second kappa shape index (κ2) is 6.60. The Morgan fingerprint density at radius 3 is 2.63 bits per heavy atom. The number of carbonyl (C=O) groups excluding carboxylic acids is 2. The monoisotopic (exact) mass is 378 g/mol. The second-order valence-electron chi connectivity index (χ2n) is 7.32. The van der Waals surface area contributed by atoms with Crippen LogP contribution in [-0.4, -0.2) is 42.9 Å². The predicted molar refractivity (Wildman–Crippen MR) is 92.8 cm³/mol. The first-order valence-electron chi connectivity index (χ1n) is 8.92. The predicted octanol–water partition coefficient (Wildman–Crippen LogP) is 2.07. The molecule has 4 atom stereocenters. The first-order chi connectivity index (χ1) is 12.9. The number of nitrogens with zero attached hydrogens (tertiary/aromatic N) is 1. The zero-order chi connectivity index (χ0) is 19.3. The molecule has 2 amide bonds. The number of carbonyl (C=O) groups is 2. The van der Waals surface area contributed by atoms with E-state index in [2.05, 4.69) is 5.32 Å². The quantitative estimate of drug-likeness (QED) is 0.822. The van der Waals surface area contributed by atoms with Crippen LogP contribution in [0.25, 0.3) is 5.57 Å². The molecule has 3 aliphatic rings. The first-order valence-corrected chi connectivity index (χ1v) is 8.92. The van der Waals surface area contributed by atoms with Crippen molar-refractivity contribution in [2.45, 2.75) is 19.4 Å². The van der Waals surface area contributed by atoms with Crippen LogP contribution in [0.3, 0.4) is 0 Å². The Kier molecular flexibility index (Phi) is 4.38. The summed E-state index contributed by atoms with van der Waals surface area (Å²) >= 11 is 0. The molecule has 1 heterocycles. The highest BCUT2D eigenvalue weighted by atomic mass is 19.1. The Morgan fingerprint density at radius 1 is 1.37 bits per heavy atom. The summed E-state index contributed by atoms with van der Waals surface area (Å²) in [6, 6.07) is 2.27. The van der Waals surface area contributed by atoms with Gasteiger partial charge in [-0.3, -0.25) is 9.69 Å². The van der Waals surface area contributed by atoms with Gasteiger partial charge in [-0.05, 0) is 41.9 Å². The lowest BCUT2D eigenvalue weighted by molar-refractivity contribution is -0.119. The summed E-state index contributed by atoms with van der Waals surface area (Å²) in [6.45, 7) is 1.69. The van der Waals surface area contributed by atoms with Gasteiger partial charge in [0.2, 0.25) is 5.91 Å². The normalized spacial score (nSPS) is 28.7. The Hall–Kier alpha value is -2.48. The Labute approximate surface area is 154 Å². The third-order valence-corrected chi connectivity index (χ3v) is 5.57. The lowest BCUT2D eigenvalue weighted by Gasteiger charge is -2.16. The molecule has 1 aliphatic heterocycles. The van der Waals surface area contributed by atoms with Gasteiger partial charge in [-0.1, -0.05) is 6.08 Å². The fourth-order valence-electron chi connectivity index (χ4n) is 4.12. The number of hydrogen-bond donors (Lipinski definition) is 2. The van der Waals surface area contributed by atoms with Crippen molar-refractivity contribution in [2.24, 2.45) is 17.8 Å². The highest BCUT2D eigenvalue weighted by Gasteiger charge is 2.52. The second-order valence-corrected chi connectivity index (χ2v) is 7.32. The van der Waals surface area contributed by atoms with E-state index in [9.17, 15) is 23.5 Å². The maximum Gasteiger partial charge on any atom is 0.414 e. The number of halogens is 2. The number of fused-ring (bicyclic) bond motifs is 1. The molecular weight excluding hydrogens is 358 g/mol. The topological polar surface area (TPSA) is 78.9 Å². The summed E-state index contributed by atoms with van der Waals surface area (Å²) in [5, 5.41) is 11.7. The Morgan fingerprint density at radius 2 is 2.07 bits per heavy atom. The van der Waals surface area contributed by atoms with Crippen LogP contribution in [0.5, 0.6) is 0 Å². The Bertz CT molecular complexity index is 818. The summed E-state index contributed by atoms with van der Waals surface area (Å²) < 4.78 is 34.4. The number of benzene rings is 1. The van der Waals surface area contributed by atoms with Gasteiger partial charge in [-0.2, -0.15) is 0 Å². The molecule has 4 rings (SSSR count). The van der Waals surface area contributed by atoms with E-state index >= 15 is 0 Å². The van der Waals surface area contributed by atoms with Gasteiger partial charge in [0, 0.05) is 19.1 Å². The fraction of sp³-hybridized carbons (Fsp3) is 0.474. The molecule has 0 radical (unpaired) electrons. The third kappa shape index (κ3) is 3.18. The van der Waals surface area contributed by atoms with E-state index in [-0.39, 0.29) is 54.6 Å². The molecule has 0 aromatic heterocycles. The molecule has 1 saturated heterocycles. The molecule has 27 heavy (non-hydrogen) atoms. The van der Waals surface area contributed by atoms with Crippen molar-refractivity contribution in [2.75, 3.05) is 24.6 Å². The van der Waals surface area contributed by atoms with Gasteiger partial charge in [0.1, 0.15) is 17.7 Å². The SMILES string of the molecule is CC(=O)NC[C@H]1CN(c2cc(F)c(C3=C[C@H]4[C@H](CO)[C@H]4C3)c(F)c2)C(=O)O1. The number of rotatable bonds is 5. The maximum absolute atomic E-state index is 14.6. The highest BCUT2D eigenvalue weighted by Crippen LogP contribution is 2.58. The molecule has 6 nitrogen and oxygen atoms in total. The standard InChI is InChI=1S/C19H20F2N2O4/c1-9(25)22-6-12-7-23(19(26)27-12)11-4-16(20)18(17(21)5-11)10-2-13-14(3-10)15(13)8-24/h2,4-5,12-15,24H,3,6-8H2,1H3,(H,22,25)/t12-,13+,14-,15-/m0/s1.